The molecule has 2 N–H and O–H groups in total. The van der Waals surface area contributed by atoms with Gasteiger partial charge >= 0.3 is 5.69 Å². The van der Waals surface area contributed by atoms with E-state index in [9.17, 15) is 14.9 Å². The zero-order chi connectivity index (χ0) is 25.4. The number of benzene rings is 1. The van der Waals surface area contributed by atoms with Crippen molar-refractivity contribution in [2.45, 2.75) is 38.9 Å². The molecule has 1 aromatic carbocycles. The molecule has 182 valence electrons. The number of hydrogen-bond donors (Lipinski definition) is 1. The number of anilines is 1. The Morgan fingerprint density at radius 3 is 2.69 bits per heavy atom. The van der Waals surface area contributed by atoms with Crippen LogP contribution in [0.2, 0.25) is 0 Å². The summed E-state index contributed by atoms with van der Waals surface area (Å²) >= 11 is 0. The summed E-state index contributed by atoms with van der Waals surface area (Å²) < 4.78 is 4.35. The van der Waals surface area contributed by atoms with Gasteiger partial charge in [-0.05, 0) is 19.8 Å². The number of aryl methyl sites for hydroxylation is 1. The molecule has 36 heavy (non-hydrogen) atoms. The van der Waals surface area contributed by atoms with E-state index < -0.39 is 11.2 Å². The molecule has 1 unspecified atom stereocenters. The third-order valence-corrected chi connectivity index (χ3v) is 6.67. The van der Waals surface area contributed by atoms with E-state index in [1.807, 2.05) is 24.3 Å². The Morgan fingerprint density at radius 1 is 1.19 bits per heavy atom. The summed E-state index contributed by atoms with van der Waals surface area (Å²) in [5.41, 5.74) is 6.86. The molecule has 0 saturated carbocycles. The van der Waals surface area contributed by atoms with E-state index in [4.69, 9.17) is 10.7 Å². The fourth-order valence-electron chi connectivity index (χ4n) is 4.86. The average molecular weight is 483 g/mol. The van der Waals surface area contributed by atoms with Crippen LogP contribution in [0.5, 0.6) is 0 Å². The molecular formula is C26H26N8O2. The molecule has 5 rings (SSSR count). The van der Waals surface area contributed by atoms with Crippen LogP contribution in [0.15, 0.2) is 40.1 Å². The quantitative estimate of drug-likeness (QED) is 0.435. The van der Waals surface area contributed by atoms with E-state index in [0.717, 1.165) is 30.2 Å². The number of fused-ring (bicyclic) bond motifs is 2. The Bertz CT molecular complexity index is 1710. The van der Waals surface area contributed by atoms with Crippen molar-refractivity contribution in [1.29, 1.82) is 5.26 Å². The molecular weight excluding hydrogens is 456 g/mol. The van der Waals surface area contributed by atoms with Crippen LogP contribution in [0.25, 0.3) is 21.9 Å². The Balaban J connectivity index is 1.72. The summed E-state index contributed by atoms with van der Waals surface area (Å²) in [6.07, 6.45) is 3.33. The zero-order valence-electron chi connectivity index (χ0n) is 20.2. The number of hydrogen-bond acceptors (Lipinski definition) is 7. The first-order chi connectivity index (χ1) is 17.4. The molecule has 0 aliphatic carbocycles. The van der Waals surface area contributed by atoms with Crippen molar-refractivity contribution in [3.8, 4) is 17.9 Å². The molecule has 0 amide bonds. The number of aromatic nitrogens is 5. The maximum atomic E-state index is 13.8. The summed E-state index contributed by atoms with van der Waals surface area (Å²) in [5.74, 6) is 6.51. The van der Waals surface area contributed by atoms with Crippen LogP contribution in [0.3, 0.4) is 0 Å². The van der Waals surface area contributed by atoms with E-state index >= 15 is 0 Å². The minimum absolute atomic E-state index is 0.0143. The van der Waals surface area contributed by atoms with Gasteiger partial charge in [-0.2, -0.15) is 10.2 Å². The third kappa shape index (κ3) is 3.82. The van der Waals surface area contributed by atoms with Crippen molar-refractivity contribution in [2.75, 3.05) is 18.0 Å². The van der Waals surface area contributed by atoms with Crippen LogP contribution in [0.1, 0.15) is 31.0 Å². The molecule has 0 radical (unpaired) electrons. The van der Waals surface area contributed by atoms with Gasteiger partial charge in [0.05, 0.1) is 24.3 Å². The van der Waals surface area contributed by atoms with Gasteiger partial charge in [0, 0.05) is 43.1 Å². The topological polar surface area (TPSA) is 128 Å². The highest BCUT2D eigenvalue weighted by Crippen LogP contribution is 2.24. The first-order valence-corrected chi connectivity index (χ1v) is 11.8. The van der Waals surface area contributed by atoms with Crippen LogP contribution in [0, 0.1) is 23.2 Å². The Kier molecular flexibility index (Phi) is 6.05. The monoisotopic (exact) mass is 482 g/mol. The molecule has 4 aromatic rings. The lowest BCUT2D eigenvalue weighted by Gasteiger charge is -2.31. The first kappa shape index (κ1) is 23.3. The van der Waals surface area contributed by atoms with Crippen molar-refractivity contribution >= 4 is 27.9 Å². The van der Waals surface area contributed by atoms with Gasteiger partial charge in [0.15, 0.2) is 11.2 Å². The second-order valence-corrected chi connectivity index (χ2v) is 8.95. The lowest BCUT2D eigenvalue weighted by molar-refractivity contribution is 0.496. The number of nitriles is 1. The van der Waals surface area contributed by atoms with Crippen LogP contribution < -0.4 is 21.9 Å². The summed E-state index contributed by atoms with van der Waals surface area (Å²) in [4.78, 5) is 38.4. The standard InChI is InChI=1S/C26H26N8O2/c1-3-4-12-33-22-23(30-25(33)32-11-7-8-18(28)15-32)31(2)26(36)34(24(22)35)16-21-20-10-6-5-9-19(20)17(13-27)14-29-21/h5-6,9-10,14,18H,7-8,11-12,15-16,28H2,1-2H3. The van der Waals surface area contributed by atoms with E-state index in [1.54, 1.807) is 18.5 Å². The van der Waals surface area contributed by atoms with Crippen LogP contribution in [-0.2, 0) is 20.1 Å². The number of nitrogens with two attached hydrogens (primary N) is 1. The normalized spacial score (nSPS) is 15.6. The minimum Gasteiger partial charge on any atom is -0.341 e. The number of rotatable bonds is 4. The predicted octanol–water partition coefficient (Wildman–Crippen LogP) is 1.32. The number of nitrogens with zero attached hydrogens (tertiary/aromatic N) is 7. The van der Waals surface area contributed by atoms with Crippen LogP contribution >= 0.6 is 0 Å². The highest BCUT2D eigenvalue weighted by Gasteiger charge is 2.26. The molecule has 1 fully saturated rings. The molecule has 0 spiro atoms. The lowest BCUT2D eigenvalue weighted by atomic mass is 10.1. The van der Waals surface area contributed by atoms with Gasteiger partial charge in [0.25, 0.3) is 5.56 Å². The van der Waals surface area contributed by atoms with Crippen LogP contribution in [-0.4, -0.2) is 42.8 Å². The van der Waals surface area contributed by atoms with Gasteiger partial charge < -0.3 is 10.6 Å². The van der Waals surface area contributed by atoms with Crippen molar-refractivity contribution in [2.24, 2.45) is 12.8 Å². The molecule has 1 saturated heterocycles. The summed E-state index contributed by atoms with van der Waals surface area (Å²) in [6.45, 7) is 3.35. The van der Waals surface area contributed by atoms with Crippen LogP contribution in [0.4, 0.5) is 5.95 Å². The number of piperidine rings is 1. The molecule has 4 heterocycles. The largest absolute Gasteiger partial charge is 0.341 e. The average Bonchev–Trinajstić information content (AvgIpc) is 3.28. The predicted molar refractivity (Wildman–Crippen MR) is 138 cm³/mol. The number of pyridine rings is 1. The zero-order valence-corrected chi connectivity index (χ0v) is 20.2. The van der Waals surface area contributed by atoms with Gasteiger partial charge in [0.2, 0.25) is 5.95 Å². The van der Waals surface area contributed by atoms with E-state index in [1.165, 1.54) is 15.3 Å². The maximum absolute atomic E-state index is 13.8. The molecule has 0 bridgehead atoms. The van der Waals surface area contributed by atoms with Crippen molar-refractivity contribution in [3.63, 3.8) is 0 Å². The van der Waals surface area contributed by atoms with Gasteiger partial charge in [-0.15, -0.1) is 5.92 Å². The van der Waals surface area contributed by atoms with E-state index in [-0.39, 0.29) is 19.1 Å². The summed E-state index contributed by atoms with van der Waals surface area (Å²) in [7, 11) is 1.61. The SMILES string of the molecule is CC#CCn1c(N2CCCC(N)C2)nc2c1c(=O)n(Cc1ncc(C#N)c3ccccc13)c(=O)n2C. The second kappa shape index (κ2) is 9.33. The van der Waals surface area contributed by atoms with E-state index in [0.29, 0.717) is 34.9 Å². The van der Waals surface area contributed by atoms with Crippen molar-refractivity contribution in [3.05, 3.63) is 62.6 Å². The second-order valence-electron chi connectivity index (χ2n) is 8.95. The molecule has 10 heteroatoms. The molecule has 3 aromatic heterocycles. The smallest absolute Gasteiger partial charge is 0.332 e. The Labute approximate surface area is 207 Å². The van der Waals surface area contributed by atoms with Gasteiger partial charge in [-0.1, -0.05) is 30.2 Å². The minimum atomic E-state index is -0.490. The molecule has 1 aliphatic rings. The molecule has 1 aliphatic heterocycles. The van der Waals surface area contributed by atoms with Gasteiger partial charge in [-0.3, -0.25) is 23.5 Å². The highest BCUT2D eigenvalue weighted by molar-refractivity contribution is 5.89. The first-order valence-electron chi connectivity index (χ1n) is 11.8. The van der Waals surface area contributed by atoms with Gasteiger partial charge in [-0.25, -0.2) is 4.79 Å². The molecule has 1 atom stereocenters. The third-order valence-electron chi connectivity index (χ3n) is 6.67. The lowest BCUT2D eigenvalue weighted by Crippen LogP contribution is -2.44. The van der Waals surface area contributed by atoms with Crippen molar-refractivity contribution in [1.82, 2.24) is 23.7 Å². The fraction of sp³-hybridized carbons (Fsp3) is 0.346. The van der Waals surface area contributed by atoms with E-state index in [2.05, 4.69) is 27.8 Å². The van der Waals surface area contributed by atoms with Gasteiger partial charge in [0.1, 0.15) is 6.07 Å². The fourth-order valence-corrected chi connectivity index (χ4v) is 4.86. The summed E-state index contributed by atoms with van der Waals surface area (Å²) in [6, 6.07) is 9.51. The Hall–Kier alpha value is -4.41. The maximum Gasteiger partial charge on any atom is 0.332 e. The number of imidazole rings is 1. The van der Waals surface area contributed by atoms with Crippen molar-refractivity contribution < 1.29 is 0 Å². The highest BCUT2D eigenvalue weighted by atomic mass is 16.2. The Morgan fingerprint density at radius 2 is 1.97 bits per heavy atom. The summed E-state index contributed by atoms with van der Waals surface area (Å²) in [5, 5.41) is 10.9. The molecule has 10 nitrogen and oxygen atoms in total.